The minimum Gasteiger partial charge on any atom is -0.387 e. The molecule has 0 aromatic carbocycles. The monoisotopic (exact) mass is 257 g/mol. The van der Waals surface area contributed by atoms with Crippen LogP contribution < -0.4 is 0 Å². The van der Waals surface area contributed by atoms with Crippen LogP contribution in [-0.4, -0.2) is 19.9 Å². The lowest BCUT2D eigenvalue weighted by molar-refractivity contribution is -0.141. The maximum absolute atomic E-state index is 12.4. The molecule has 2 rings (SSSR count). The number of hydrogen-bond acceptors (Lipinski definition) is 3. The highest BCUT2D eigenvalue weighted by Crippen LogP contribution is 2.27. The van der Waals surface area contributed by atoms with Gasteiger partial charge in [0.05, 0.1) is 23.7 Å². The van der Waals surface area contributed by atoms with Gasteiger partial charge in [0.1, 0.15) is 0 Å². The van der Waals surface area contributed by atoms with Crippen molar-refractivity contribution in [2.24, 2.45) is 0 Å². The molecule has 18 heavy (non-hydrogen) atoms. The van der Waals surface area contributed by atoms with E-state index in [1.165, 1.54) is 18.5 Å². The van der Waals surface area contributed by atoms with E-state index in [9.17, 15) is 18.3 Å². The summed E-state index contributed by atoms with van der Waals surface area (Å²) >= 11 is 0. The van der Waals surface area contributed by atoms with E-state index in [-0.39, 0.29) is 0 Å². The van der Waals surface area contributed by atoms with E-state index >= 15 is 0 Å². The first-order chi connectivity index (χ1) is 8.38. The molecule has 1 atom stereocenters. The van der Waals surface area contributed by atoms with Crippen LogP contribution in [0.15, 0.2) is 30.6 Å². The Morgan fingerprint density at radius 2 is 2.00 bits per heavy atom. The van der Waals surface area contributed by atoms with Gasteiger partial charge in [-0.15, -0.1) is 0 Å². The lowest BCUT2D eigenvalue weighted by atomic mass is 10.2. The van der Waals surface area contributed by atoms with Gasteiger partial charge in [0.2, 0.25) is 0 Å². The fourth-order valence-electron chi connectivity index (χ4n) is 1.40. The van der Waals surface area contributed by atoms with Gasteiger partial charge in [0, 0.05) is 6.20 Å². The van der Waals surface area contributed by atoms with Gasteiger partial charge in [0.15, 0.2) is 5.69 Å². The number of halogens is 3. The molecule has 1 N–H and O–H groups in total. The van der Waals surface area contributed by atoms with Crippen molar-refractivity contribution in [2.75, 3.05) is 0 Å². The number of aliphatic hydroxyl groups is 1. The van der Waals surface area contributed by atoms with E-state index < -0.39 is 18.0 Å². The average Bonchev–Trinajstić information content (AvgIpc) is 2.78. The molecule has 0 radical (unpaired) electrons. The van der Waals surface area contributed by atoms with Crippen molar-refractivity contribution in [3.8, 4) is 5.69 Å². The van der Waals surface area contributed by atoms with Crippen molar-refractivity contribution in [2.45, 2.75) is 19.2 Å². The summed E-state index contributed by atoms with van der Waals surface area (Å²) in [6.45, 7) is 1.55. The maximum atomic E-state index is 12.4. The number of aliphatic hydroxyl groups excluding tert-OH is 1. The van der Waals surface area contributed by atoms with Crippen LogP contribution >= 0.6 is 0 Å². The summed E-state index contributed by atoms with van der Waals surface area (Å²) in [5, 5.41) is 12.7. The molecule has 0 saturated carbocycles. The molecule has 2 aromatic rings. The Balaban J connectivity index is 2.29. The fourth-order valence-corrected chi connectivity index (χ4v) is 1.40. The SMILES string of the molecule is C[C@@H](O)c1ccc(-n2ccc(C(F)(F)F)n2)cn1. The summed E-state index contributed by atoms with van der Waals surface area (Å²) in [4.78, 5) is 3.93. The molecule has 2 heterocycles. The molecular weight excluding hydrogens is 247 g/mol. The molecule has 0 saturated heterocycles. The summed E-state index contributed by atoms with van der Waals surface area (Å²) in [6, 6.07) is 3.97. The minimum absolute atomic E-state index is 0.398. The highest BCUT2D eigenvalue weighted by molar-refractivity contribution is 5.29. The zero-order valence-electron chi connectivity index (χ0n) is 9.39. The smallest absolute Gasteiger partial charge is 0.387 e. The predicted octanol–water partition coefficient (Wildman–Crippen LogP) is 2.34. The molecule has 0 unspecified atom stereocenters. The average molecular weight is 257 g/mol. The van der Waals surface area contributed by atoms with Crippen LogP contribution in [0.1, 0.15) is 24.4 Å². The second kappa shape index (κ2) is 4.41. The van der Waals surface area contributed by atoms with Crippen LogP contribution in [0.2, 0.25) is 0 Å². The Bertz CT molecular complexity index is 531. The molecule has 2 aromatic heterocycles. The van der Waals surface area contributed by atoms with Gasteiger partial charge in [-0.3, -0.25) is 4.98 Å². The van der Waals surface area contributed by atoms with Crippen molar-refractivity contribution in [1.29, 1.82) is 0 Å². The van der Waals surface area contributed by atoms with E-state index in [2.05, 4.69) is 10.1 Å². The maximum Gasteiger partial charge on any atom is 0.435 e. The van der Waals surface area contributed by atoms with E-state index in [1.807, 2.05) is 0 Å². The number of alkyl halides is 3. The number of nitrogens with zero attached hydrogens (tertiary/aromatic N) is 3. The normalized spacial score (nSPS) is 13.6. The first kappa shape index (κ1) is 12.6. The predicted molar refractivity (Wildman–Crippen MR) is 57.0 cm³/mol. The van der Waals surface area contributed by atoms with Crippen LogP contribution in [0.25, 0.3) is 5.69 Å². The van der Waals surface area contributed by atoms with Crippen molar-refractivity contribution >= 4 is 0 Å². The molecule has 0 bridgehead atoms. The molecule has 96 valence electrons. The van der Waals surface area contributed by atoms with Crippen LogP contribution in [0, 0.1) is 0 Å². The summed E-state index contributed by atoms with van der Waals surface area (Å²) in [5.74, 6) is 0. The first-order valence-electron chi connectivity index (χ1n) is 5.15. The largest absolute Gasteiger partial charge is 0.435 e. The Hall–Kier alpha value is -1.89. The Labute approximate surface area is 101 Å². The summed E-state index contributed by atoms with van der Waals surface area (Å²) in [5.41, 5.74) is -0.112. The molecule has 4 nitrogen and oxygen atoms in total. The number of rotatable bonds is 2. The van der Waals surface area contributed by atoms with E-state index in [4.69, 9.17) is 0 Å². The molecule has 0 aliphatic heterocycles. The Morgan fingerprint density at radius 1 is 1.28 bits per heavy atom. The van der Waals surface area contributed by atoms with Crippen LogP contribution in [-0.2, 0) is 6.18 Å². The van der Waals surface area contributed by atoms with Crippen LogP contribution in [0.5, 0.6) is 0 Å². The molecule has 0 aliphatic carbocycles. The van der Waals surface area contributed by atoms with Gasteiger partial charge in [-0.2, -0.15) is 18.3 Å². The van der Waals surface area contributed by atoms with E-state index in [0.29, 0.717) is 11.4 Å². The van der Waals surface area contributed by atoms with E-state index in [0.717, 1.165) is 10.7 Å². The van der Waals surface area contributed by atoms with E-state index in [1.54, 1.807) is 13.0 Å². The zero-order chi connectivity index (χ0) is 13.3. The first-order valence-corrected chi connectivity index (χ1v) is 5.15. The van der Waals surface area contributed by atoms with Gasteiger partial charge < -0.3 is 5.11 Å². The second-order valence-electron chi connectivity index (χ2n) is 3.76. The molecular formula is C11H10F3N3O. The third-order valence-corrected chi connectivity index (χ3v) is 2.34. The van der Waals surface area contributed by atoms with Crippen molar-refractivity contribution < 1.29 is 18.3 Å². The Morgan fingerprint density at radius 3 is 2.44 bits per heavy atom. The Kier molecular flexibility index (Phi) is 3.08. The number of aromatic nitrogens is 3. The molecule has 0 aliphatic rings. The summed E-state index contributed by atoms with van der Waals surface area (Å²) in [6.07, 6.45) is -2.61. The van der Waals surface area contributed by atoms with Crippen LogP contribution in [0.4, 0.5) is 13.2 Å². The summed E-state index contributed by atoms with van der Waals surface area (Å²) in [7, 11) is 0. The third kappa shape index (κ3) is 2.51. The van der Waals surface area contributed by atoms with Crippen molar-refractivity contribution in [3.63, 3.8) is 0 Å². The molecule has 0 fully saturated rings. The van der Waals surface area contributed by atoms with Crippen molar-refractivity contribution in [3.05, 3.63) is 42.0 Å². The minimum atomic E-state index is -4.46. The van der Waals surface area contributed by atoms with Gasteiger partial charge in [0.25, 0.3) is 0 Å². The van der Waals surface area contributed by atoms with Gasteiger partial charge in [-0.1, -0.05) is 0 Å². The highest BCUT2D eigenvalue weighted by Gasteiger charge is 2.33. The van der Waals surface area contributed by atoms with Gasteiger partial charge >= 0.3 is 6.18 Å². The zero-order valence-corrected chi connectivity index (χ0v) is 9.39. The number of pyridine rings is 1. The van der Waals surface area contributed by atoms with Crippen LogP contribution in [0.3, 0.4) is 0 Å². The van der Waals surface area contributed by atoms with Gasteiger partial charge in [-0.05, 0) is 25.1 Å². The topological polar surface area (TPSA) is 50.9 Å². The van der Waals surface area contributed by atoms with Crippen molar-refractivity contribution in [1.82, 2.24) is 14.8 Å². The lowest BCUT2D eigenvalue weighted by Crippen LogP contribution is -2.07. The quantitative estimate of drug-likeness (QED) is 0.898. The highest BCUT2D eigenvalue weighted by atomic mass is 19.4. The molecule has 0 amide bonds. The fraction of sp³-hybridized carbons (Fsp3) is 0.273. The van der Waals surface area contributed by atoms with Gasteiger partial charge in [-0.25, -0.2) is 4.68 Å². The second-order valence-corrected chi connectivity index (χ2v) is 3.76. The standard InChI is InChI=1S/C11H10F3N3O/c1-7(18)9-3-2-8(6-15-9)17-5-4-10(16-17)11(12,13)14/h2-7,18H,1H3/t7-/m1/s1. The molecule has 0 spiro atoms. The number of hydrogen-bond donors (Lipinski definition) is 1. The molecule has 7 heteroatoms. The third-order valence-electron chi connectivity index (χ3n) is 2.34. The lowest BCUT2D eigenvalue weighted by Gasteiger charge is -2.05. The summed E-state index contributed by atoms with van der Waals surface area (Å²) < 4.78 is 38.2.